The predicted molar refractivity (Wildman–Crippen MR) is 153 cm³/mol. The number of allylic oxidation sites excluding steroid dienone is 1. The first kappa shape index (κ1) is 28.0. The number of para-hydroxylation sites is 1. The zero-order valence-electron chi connectivity index (χ0n) is 23.3. The lowest BCUT2D eigenvalue weighted by Crippen LogP contribution is -2.58. The number of cyclic esters (lactones) is 1. The highest BCUT2D eigenvalue weighted by Crippen LogP contribution is 2.61. The van der Waals surface area contributed by atoms with Crippen LogP contribution in [0.4, 0.5) is 5.69 Å². The van der Waals surface area contributed by atoms with Crippen molar-refractivity contribution < 1.29 is 24.2 Å². The zero-order chi connectivity index (χ0) is 27.9. The van der Waals surface area contributed by atoms with Crippen LogP contribution in [0.2, 0.25) is 0 Å². The summed E-state index contributed by atoms with van der Waals surface area (Å²) in [6.45, 7) is 8.48. The number of likely N-dealkylation sites (tertiary alicyclic amines) is 1. The van der Waals surface area contributed by atoms with Crippen LogP contribution in [0.5, 0.6) is 0 Å². The average molecular weight is 553 g/mol. The highest BCUT2D eigenvalue weighted by Gasteiger charge is 2.72. The molecule has 7 atom stereocenters. The maximum Gasteiger partial charge on any atom is 0.311 e. The molecule has 0 saturated carbocycles. The highest BCUT2D eigenvalue weighted by atomic mass is 32.2. The molecular weight excluding hydrogens is 512 g/mol. The van der Waals surface area contributed by atoms with E-state index >= 15 is 0 Å². The monoisotopic (exact) mass is 552 g/mol. The van der Waals surface area contributed by atoms with Crippen LogP contribution >= 0.6 is 11.8 Å². The van der Waals surface area contributed by atoms with Gasteiger partial charge in [-0.3, -0.25) is 14.4 Å². The van der Waals surface area contributed by atoms with Crippen LogP contribution in [0.1, 0.15) is 50.7 Å². The molecule has 1 aromatic rings. The molecule has 0 aromatic heterocycles. The minimum absolute atomic E-state index is 0.0276. The second-order valence-corrected chi connectivity index (χ2v) is 12.9. The molecule has 1 aromatic carbocycles. The molecule has 4 aliphatic rings. The Morgan fingerprint density at radius 1 is 1.13 bits per heavy atom. The van der Waals surface area contributed by atoms with Gasteiger partial charge < -0.3 is 19.6 Å². The lowest BCUT2D eigenvalue weighted by Gasteiger charge is -2.40. The number of ether oxygens (including phenoxy) is 1. The summed E-state index contributed by atoms with van der Waals surface area (Å²) >= 11 is 1.55. The normalized spacial score (nSPS) is 33.1. The Bertz CT molecular complexity index is 1180. The van der Waals surface area contributed by atoms with E-state index < -0.39 is 28.7 Å². The van der Waals surface area contributed by atoms with E-state index in [1.807, 2.05) is 64.1 Å². The van der Waals surface area contributed by atoms with E-state index in [-0.39, 0.29) is 35.6 Å². The van der Waals surface area contributed by atoms with Crippen LogP contribution in [0.3, 0.4) is 0 Å². The lowest BCUT2D eigenvalue weighted by molar-refractivity contribution is -0.153. The number of aryl methyl sites for hydroxylation is 2. The summed E-state index contributed by atoms with van der Waals surface area (Å²) in [4.78, 5) is 46.3. The Morgan fingerprint density at radius 3 is 2.56 bits per heavy atom. The highest BCUT2D eigenvalue weighted by molar-refractivity contribution is 8.02. The molecule has 4 aliphatic heterocycles. The molecule has 4 heterocycles. The topological polar surface area (TPSA) is 87.2 Å². The fourth-order valence-electron chi connectivity index (χ4n) is 6.96. The molecule has 1 unspecified atom stereocenters. The summed E-state index contributed by atoms with van der Waals surface area (Å²) in [5, 5.41) is 10.3. The largest absolute Gasteiger partial charge is 0.465 e. The molecule has 8 heteroatoms. The number of carbonyl (C=O) groups is 3. The number of aliphatic hydroxyl groups excluding tert-OH is 1. The number of anilines is 1. The summed E-state index contributed by atoms with van der Waals surface area (Å²) in [6, 6.07) is 4.59. The van der Waals surface area contributed by atoms with Crippen molar-refractivity contribution in [2.75, 3.05) is 24.7 Å². The molecule has 5 rings (SSSR count). The van der Waals surface area contributed by atoms with Gasteiger partial charge in [0.05, 0.1) is 35.8 Å². The Labute approximate surface area is 235 Å². The van der Waals surface area contributed by atoms with Crippen molar-refractivity contribution in [1.82, 2.24) is 4.90 Å². The van der Waals surface area contributed by atoms with Crippen molar-refractivity contribution in [2.45, 2.75) is 75.5 Å². The number of rotatable bonds is 5. The Morgan fingerprint density at radius 2 is 1.87 bits per heavy atom. The van der Waals surface area contributed by atoms with Crippen molar-refractivity contribution in [3.63, 3.8) is 0 Å². The van der Waals surface area contributed by atoms with Crippen LogP contribution in [-0.2, 0) is 19.1 Å². The van der Waals surface area contributed by atoms with E-state index in [1.165, 1.54) is 0 Å². The van der Waals surface area contributed by atoms with Gasteiger partial charge in [0.1, 0.15) is 6.04 Å². The van der Waals surface area contributed by atoms with Crippen molar-refractivity contribution in [1.29, 1.82) is 0 Å². The summed E-state index contributed by atoms with van der Waals surface area (Å²) in [5.41, 5.74) is 2.83. The summed E-state index contributed by atoms with van der Waals surface area (Å²) < 4.78 is 4.77. The molecule has 1 spiro atoms. The molecule has 2 saturated heterocycles. The minimum Gasteiger partial charge on any atom is -0.465 e. The predicted octanol–water partition coefficient (Wildman–Crippen LogP) is 4.19. The lowest BCUT2D eigenvalue weighted by atomic mass is 9.78. The number of benzene rings is 1. The van der Waals surface area contributed by atoms with Gasteiger partial charge in [-0.1, -0.05) is 62.8 Å². The molecule has 1 N–H and O–H groups in total. The molecule has 0 bridgehead atoms. The molecule has 210 valence electrons. The van der Waals surface area contributed by atoms with Crippen LogP contribution < -0.4 is 4.90 Å². The molecule has 0 aliphatic carbocycles. The van der Waals surface area contributed by atoms with Gasteiger partial charge in [0.2, 0.25) is 5.91 Å². The van der Waals surface area contributed by atoms with Crippen LogP contribution in [0.15, 0.2) is 42.5 Å². The third kappa shape index (κ3) is 4.53. The molecule has 7 nitrogen and oxygen atoms in total. The summed E-state index contributed by atoms with van der Waals surface area (Å²) in [7, 11) is 0. The van der Waals surface area contributed by atoms with E-state index in [0.29, 0.717) is 13.2 Å². The second-order valence-electron chi connectivity index (χ2n) is 11.4. The number of carbonyl (C=O) groups excluding carboxylic acids is 3. The summed E-state index contributed by atoms with van der Waals surface area (Å²) in [6.07, 6.45) is 11.5. The van der Waals surface area contributed by atoms with E-state index in [2.05, 4.69) is 6.08 Å². The molecular formula is C31H40N2O5S. The van der Waals surface area contributed by atoms with Crippen LogP contribution in [-0.4, -0.2) is 69.6 Å². The SMILES string of the molecule is CC[C@H](C)[C@H](CO)N1C(=O)[C@@H]2[C@H]3C(=O)OCCCC/C=C\[C@H]3S[C@@]23C=CCN(c2c(C)cccc2C)C(=O)C13. The van der Waals surface area contributed by atoms with Crippen molar-refractivity contribution in [3.05, 3.63) is 53.6 Å². The van der Waals surface area contributed by atoms with Crippen molar-refractivity contribution in [2.24, 2.45) is 17.8 Å². The number of thioether (sulfide) groups is 1. The van der Waals surface area contributed by atoms with Gasteiger partial charge >= 0.3 is 5.97 Å². The Balaban J connectivity index is 1.68. The third-order valence-corrected chi connectivity index (χ3v) is 10.8. The number of aliphatic hydroxyl groups is 1. The van der Waals surface area contributed by atoms with Gasteiger partial charge in [0.25, 0.3) is 5.91 Å². The van der Waals surface area contributed by atoms with Crippen LogP contribution in [0, 0.1) is 31.6 Å². The van der Waals surface area contributed by atoms with Crippen molar-refractivity contribution >= 4 is 35.2 Å². The van der Waals surface area contributed by atoms with Gasteiger partial charge in [-0.25, -0.2) is 0 Å². The standard InChI is InChI=1S/C31H40N2O5S/c1-5-19(2)22(18-34)33-27-29(36)32(26-20(3)12-10-13-21(26)4)16-11-15-31(27)25(28(33)35)24-23(39-31)14-8-6-7-9-17-38-30(24)37/h8,10-15,19,22-25,27,34H,5-7,9,16-18H2,1-4H3/b14-8-/t19-,22-,23+,24-,25-,27?,31-/m0/s1. The fourth-order valence-corrected chi connectivity index (χ4v) is 8.95. The van der Waals surface area contributed by atoms with E-state index in [1.54, 1.807) is 21.6 Å². The molecule has 0 radical (unpaired) electrons. The Hall–Kier alpha value is -2.58. The van der Waals surface area contributed by atoms with Gasteiger partial charge in [-0.15, -0.1) is 11.8 Å². The number of amides is 2. The van der Waals surface area contributed by atoms with Gasteiger partial charge in [0, 0.05) is 17.5 Å². The fraction of sp³-hybridized carbons (Fsp3) is 0.581. The van der Waals surface area contributed by atoms with Gasteiger partial charge in [-0.05, 0) is 50.2 Å². The van der Waals surface area contributed by atoms with Crippen molar-refractivity contribution in [3.8, 4) is 0 Å². The number of nitrogens with zero attached hydrogens (tertiary/aromatic N) is 2. The minimum atomic E-state index is -0.937. The number of hydrogen-bond acceptors (Lipinski definition) is 6. The smallest absolute Gasteiger partial charge is 0.311 e. The maximum atomic E-state index is 14.8. The van der Waals surface area contributed by atoms with Gasteiger partial charge in [0.15, 0.2) is 0 Å². The average Bonchev–Trinajstić information content (AvgIpc) is 3.30. The van der Waals surface area contributed by atoms with E-state index in [0.717, 1.165) is 42.5 Å². The second kappa shape index (κ2) is 11.1. The molecule has 2 fully saturated rings. The first-order chi connectivity index (χ1) is 18.8. The molecule has 39 heavy (non-hydrogen) atoms. The van der Waals surface area contributed by atoms with E-state index in [4.69, 9.17) is 4.74 Å². The van der Waals surface area contributed by atoms with E-state index in [9.17, 15) is 19.5 Å². The van der Waals surface area contributed by atoms with Crippen LogP contribution in [0.25, 0.3) is 0 Å². The quantitative estimate of drug-likeness (QED) is 0.435. The maximum absolute atomic E-state index is 14.8. The molecule has 2 amide bonds. The number of hydrogen-bond donors (Lipinski definition) is 1. The first-order valence-electron chi connectivity index (χ1n) is 14.3. The number of fused-ring (bicyclic) bond motifs is 2. The number of esters is 1. The first-order valence-corrected chi connectivity index (χ1v) is 15.1. The Kier molecular flexibility index (Phi) is 7.98. The zero-order valence-corrected chi connectivity index (χ0v) is 24.2. The summed E-state index contributed by atoms with van der Waals surface area (Å²) in [5.74, 6) is -2.22. The van der Waals surface area contributed by atoms with Gasteiger partial charge in [-0.2, -0.15) is 0 Å². The third-order valence-electron chi connectivity index (χ3n) is 9.09.